The summed E-state index contributed by atoms with van der Waals surface area (Å²) in [6.45, 7) is 4.41. The van der Waals surface area contributed by atoms with Crippen molar-refractivity contribution in [1.29, 1.82) is 0 Å². The van der Waals surface area contributed by atoms with E-state index >= 15 is 0 Å². The van der Waals surface area contributed by atoms with E-state index in [9.17, 15) is 0 Å². The van der Waals surface area contributed by atoms with Gasteiger partial charge in [0.25, 0.3) is 0 Å². The number of methoxy groups -OCH3 is 1. The molecular formula is C13H22O2. The van der Waals surface area contributed by atoms with Gasteiger partial charge in [0, 0.05) is 7.11 Å². The fraction of sp³-hybridized carbons (Fsp3) is 1.00. The van der Waals surface area contributed by atoms with Gasteiger partial charge in [0.2, 0.25) is 0 Å². The average Bonchev–Trinajstić information content (AvgIpc) is 2.17. The minimum Gasteiger partial charge on any atom is -0.356 e. The third-order valence-electron chi connectivity index (χ3n) is 5.01. The quantitative estimate of drug-likeness (QED) is 0.667. The second-order valence-corrected chi connectivity index (χ2v) is 5.88. The van der Waals surface area contributed by atoms with E-state index < -0.39 is 0 Å². The fourth-order valence-electron chi connectivity index (χ4n) is 4.33. The third-order valence-corrected chi connectivity index (χ3v) is 5.01. The highest BCUT2D eigenvalue weighted by Gasteiger charge is 2.63. The molecule has 3 aliphatic carbocycles. The first kappa shape index (κ1) is 10.1. The van der Waals surface area contributed by atoms with Gasteiger partial charge in [-0.2, -0.15) is 0 Å². The zero-order valence-corrected chi connectivity index (χ0v) is 9.98. The van der Waals surface area contributed by atoms with Crippen LogP contribution in [0.2, 0.25) is 0 Å². The summed E-state index contributed by atoms with van der Waals surface area (Å²) >= 11 is 0. The smallest absolute Gasteiger partial charge is 0.154 e. The van der Waals surface area contributed by atoms with E-state index in [0.29, 0.717) is 6.10 Å². The van der Waals surface area contributed by atoms with Crippen LogP contribution >= 0.6 is 0 Å². The molecule has 0 heterocycles. The van der Waals surface area contributed by atoms with Crippen molar-refractivity contribution in [3.8, 4) is 0 Å². The highest BCUT2D eigenvalue weighted by molar-refractivity contribution is 5.11. The van der Waals surface area contributed by atoms with Crippen LogP contribution in [0.15, 0.2) is 0 Å². The van der Waals surface area contributed by atoms with Crippen molar-refractivity contribution in [3.05, 3.63) is 0 Å². The Kier molecular flexibility index (Phi) is 2.33. The van der Waals surface area contributed by atoms with Crippen molar-refractivity contribution in [1.82, 2.24) is 0 Å². The molecule has 0 amide bonds. The van der Waals surface area contributed by atoms with E-state index in [1.165, 1.54) is 19.3 Å². The molecule has 3 saturated carbocycles. The molecule has 0 bridgehead atoms. The van der Waals surface area contributed by atoms with E-state index in [1.54, 1.807) is 7.11 Å². The van der Waals surface area contributed by atoms with Crippen LogP contribution in [0.5, 0.6) is 0 Å². The van der Waals surface area contributed by atoms with E-state index in [-0.39, 0.29) is 6.29 Å². The van der Waals surface area contributed by atoms with Crippen LogP contribution in [-0.2, 0) is 9.47 Å². The van der Waals surface area contributed by atoms with Gasteiger partial charge < -0.3 is 9.47 Å². The molecule has 7 unspecified atom stereocenters. The molecular weight excluding hydrogens is 188 g/mol. The summed E-state index contributed by atoms with van der Waals surface area (Å²) in [7, 11) is 1.73. The van der Waals surface area contributed by atoms with E-state index in [2.05, 4.69) is 6.92 Å². The minimum absolute atomic E-state index is 0.0211. The summed E-state index contributed by atoms with van der Waals surface area (Å²) in [4.78, 5) is 0. The summed E-state index contributed by atoms with van der Waals surface area (Å²) in [5, 5.41) is 0. The van der Waals surface area contributed by atoms with Crippen molar-refractivity contribution in [3.63, 3.8) is 0 Å². The Balaban J connectivity index is 1.63. The van der Waals surface area contributed by atoms with Crippen LogP contribution in [0.4, 0.5) is 0 Å². The maximum absolute atomic E-state index is 5.98. The number of ether oxygens (including phenoxy) is 2. The van der Waals surface area contributed by atoms with Crippen molar-refractivity contribution < 1.29 is 9.47 Å². The van der Waals surface area contributed by atoms with Gasteiger partial charge in [0.05, 0.1) is 6.10 Å². The Morgan fingerprint density at radius 3 is 2.60 bits per heavy atom. The summed E-state index contributed by atoms with van der Waals surface area (Å²) in [6.07, 6.45) is 4.78. The van der Waals surface area contributed by atoms with E-state index in [0.717, 1.165) is 29.6 Å². The first-order chi connectivity index (χ1) is 7.20. The van der Waals surface area contributed by atoms with Crippen LogP contribution in [0.25, 0.3) is 0 Å². The lowest BCUT2D eigenvalue weighted by Gasteiger charge is -2.67. The second-order valence-electron chi connectivity index (χ2n) is 5.88. The monoisotopic (exact) mass is 210 g/mol. The third kappa shape index (κ3) is 1.38. The summed E-state index contributed by atoms with van der Waals surface area (Å²) in [6, 6.07) is 0. The van der Waals surface area contributed by atoms with Crippen molar-refractivity contribution >= 4 is 0 Å². The Morgan fingerprint density at radius 1 is 1.13 bits per heavy atom. The Hall–Kier alpha value is -0.0800. The van der Waals surface area contributed by atoms with Crippen molar-refractivity contribution in [2.24, 2.45) is 29.6 Å². The molecule has 0 spiro atoms. The fourth-order valence-corrected chi connectivity index (χ4v) is 4.33. The van der Waals surface area contributed by atoms with Gasteiger partial charge in [-0.05, 0) is 55.8 Å². The minimum atomic E-state index is -0.0211. The first-order valence-corrected chi connectivity index (χ1v) is 6.39. The zero-order valence-electron chi connectivity index (χ0n) is 9.98. The molecule has 2 nitrogen and oxygen atoms in total. The Morgan fingerprint density at radius 2 is 1.87 bits per heavy atom. The normalized spacial score (nSPS) is 53.8. The zero-order chi connectivity index (χ0) is 10.6. The van der Waals surface area contributed by atoms with Gasteiger partial charge in [-0.3, -0.25) is 0 Å². The molecule has 3 rings (SSSR count). The maximum Gasteiger partial charge on any atom is 0.154 e. The van der Waals surface area contributed by atoms with Gasteiger partial charge in [0.15, 0.2) is 6.29 Å². The topological polar surface area (TPSA) is 18.5 Å². The number of hydrogen-bond donors (Lipinski definition) is 0. The summed E-state index contributed by atoms with van der Waals surface area (Å²) in [5.41, 5.74) is 0. The summed E-state index contributed by atoms with van der Waals surface area (Å²) < 4.78 is 11.2. The molecule has 0 aromatic rings. The molecule has 0 aromatic carbocycles. The van der Waals surface area contributed by atoms with Gasteiger partial charge in [-0.1, -0.05) is 6.92 Å². The highest BCUT2D eigenvalue weighted by atomic mass is 16.7. The largest absolute Gasteiger partial charge is 0.356 e. The van der Waals surface area contributed by atoms with Crippen LogP contribution in [-0.4, -0.2) is 19.5 Å². The number of hydrogen-bond acceptors (Lipinski definition) is 2. The van der Waals surface area contributed by atoms with E-state index in [1.807, 2.05) is 6.92 Å². The number of rotatable bonds is 3. The molecule has 0 aromatic heterocycles. The van der Waals surface area contributed by atoms with Crippen LogP contribution in [0.1, 0.15) is 33.1 Å². The average molecular weight is 210 g/mol. The lowest BCUT2D eigenvalue weighted by molar-refractivity contribution is -0.286. The van der Waals surface area contributed by atoms with Gasteiger partial charge >= 0.3 is 0 Å². The van der Waals surface area contributed by atoms with Crippen molar-refractivity contribution in [2.45, 2.75) is 45.5 Å². The first-order valence-electron chi connectivity index (χ1n) is 6.39. The van der Waals surface area contributed by atoms with Crippen molar-refractivity contribution in [2.75, 3.05) is 7.11 Å². The Bertz CT molecular complexity index is 253. The lowest BCUT2D eigenvalue weighted by atomic mass is 9.41. The molecule has 0 saturated heterocycles. The van der Waals surface area contributed by atoms with Gasteiger partial charge in [-0.15, -0.1) is 0 Å². The van der Waals surface area contributed by atoms with Crippen LogP contribution < -0.4 is 0 Å². The standard InChI is InChI=1S/C13H22O2/c1-7-4-9-6-11-12(9)10(5-7)13(11)15-8(2)14-3/h7-13H,4-6H2,1-3H3. The van der Waals surface area contributed by atoms with E-state index in [4.69, 9.17) is 9.47 Å². The molecule has 0 radical (unpaired) electrons. The molecule has 86 valence electrons. The maximum atomic E-state index is 5.98. The second kappa shape index (κ2) is 3.46. The lowest BCUT2D eigenvalue weighted by Crippen LogP contribution is -2.66. The Labute approximate surface area is 92.3 Å². The predicted octanol–water partition coefficient (Wildman–Crippen LogP) is 2.68. The van der Waals surface area contributed by atoms with Crippen LogP contribution in [0, 0.1) is 29.6 Å². The molecule has 3 fully saturated rings. The molecule has 7 atom stereocenters. The molecule has 0 N–H and O–H groups in total. The molecule has 2 heteroatoms. The predicted molar refractivity (Wildman–Crippen MR) is 58.3 cm³/mol. The molecule has 3 aliphatic rings. The highest BCUT2D eigenvalue weighted by Crippen LogP contribution is 2.65. The SMILES string of the molecule is COC(C)OC1C2CC(C)CC3CC1C32. The van der Waals surface area contributed by atoms with Gasteiger partial charge in [-0.25, -0.2) is 0 Å². The summed E-state index contributed by atoms with van der Waals surface area (Å²) in [5.74, 6) is 4.72. The van der Waals surface area contributed by atoms with Gasteiger partial charge in [0.1, 0.15) is 0 Å². The molecule has 15 heavy (non-hydrogen) atoms. The van der Waals surface area contributed by atoms with Crippen LogP contribution in [0.3, 0.4) is 0 Å². The molecule has 0 aliphatic heterocycles.